The van der Waals surface area contributed by atoms with E-state index in [1.807, 2.05) is 18.2 Å². The SMILES string of the molecule is O=C(COc1ccccc1[N+](=O)[O-])Nc1ccccc1C(=O)N1CCC(c2ccccc2)C1. The van der Waals surface area contributed by atoms with Crippen LogP contribution in [0.4, 0.5) is 11.4 Å². The lowest BCUT2D eigenvalue weighted by atomic mass is 9.99. The van der Waals surface area contributed by atoms with Gasteiger partial charge in [0.25, 0.3) is 11.8 Å². The molecule has 0 bridgehead atoms. The number of hydrogen-bond acceptors (Lipinski definition) is 5. The van der Waals surface area contributed by atoms with E-state index < -0.39 is 17.4 Å². The zero-order valence-electron chi connectivity index (χ0n) is 17.8. The van der Waals surface area contributed by atoms with Crippen LogP contribution in [0.2, 0.25) is 0 Å². The van der Waals surface area contributed by atoms with E-state index in [-0.39, 0.29) is 23.3 Å². The lowest BCUT2D eigenvalue weighted by Gasteiger charge is -2.19. The molecule has 1 atom stereocenters. The Kier molecular flexibility index (Phi) is 6.64. The molecule has 1 aliphatic heterocycles. The van der Waals surface area contributed by atoms with Gasteiger partial charge in [-0.3, -0.25) is 19.7 Å². The van der Waals surface area contributed by atoms with Crippen molar-refractivity contribution in [1.29, 1.82) is 0 Å². The van der Waals surface area contributed by atoms with Crippen LogP contribution < -0.4 is 10.1 Å². The van der Waals surface area contributed by atoms with E-state index in [0.717, 1.165) is 6.42 Å². The monoisotopic (exact) mass is 445 g/mol. The summed E-state index contributed by atoms with van der Waals surface area (Å²) in [6, 6.07) is 22.8. The summed E-state index contributed by atoms with van der Waals surface area (Å²) in [7, 11) is 0. The molecule has 1 saturated heterocycles. The van der Waals surface area contributed by atoms with Gasteiger partial charge in [0.05, 0.1) is 16.2 Å². The molecular formula is C25H23N3O5. The minimum atomic E-state index is -0.569. The smallest absolute Gasteiger partial charge is 0.310 e. The molecule has 1 heterocycles. The van der Waals surface area contributed by atoms with Crippen LogP contribution in [0.15, 0.2) is 78.9 Å². The highest BCUT2D eigenvalue weighted by Crippen LogP contribution is 2.29. The molecule has 8 nitrogen and oxygen atoms in total. The van der Waals surface area contributed by atoms with Gasteiger partial charge in [0.15, 0.2) is 12.4 Å². The Morgan fingerprint density at radius 2 is 1.70 bits per heavy atom. The Balaban J connectivity index is 1.41. The van der Waals surface area contributed by atoms with Crippen molar-refractivity contribution in [3.05, 3.63) is 100 Å². The van der Waals surface area contributed by atoms with Crippen LogP contribution in [0.1, 0.15) is 28.3 Å². The Hall–Kier alpha value is -4.20. The number of amides is 2. The maximum absolute atomic E-state index is 13.2. The fourth-order valence-corrected chi connectivity index (χ4v) is 3.95. The van der Waals surface area contributed by atoms with Crippen molar-refractivity contribution < 1.29 is 19.2 Å². The number of likely N-dealkylation sites (tertiary alicyclic amines) is 1. The van der Waals surface area contributed by atoms with Crippen molar-refractivity contribution in [3.63, 3.8) is 0 Å². The number of nitro groups is 1. The van der Waals surface area contributed by atoms with Crippen LogP contribution in [-0.4, -0.2) is 41.3 Å². The molecule has 2 amide bonds. The molecule has 0 spiro atoms. The summed E-state index contributed by atoms with van der Waals surface area (Å²) in [5, 5.41) is 13.8. The topological polar surface area (TPSA) is 102 Å². The number of carbonyl (C=O) groups excluding carboxylic acids is 2. The van der Waals surface area contributed by atoms with E-state index in [0.29, 0.717) is 24.3 Å². The first-order chi connectivity index (χ1) is 16.0. The van der Waals surface area contributed by atoms with Gasteiger partial charge < -0.3 is 15.0 Å². The molecule has 3 aromatic carbocycles. The minimum absolute atomic E-state index is 0.00559. The highest BCUT2D eigenvalue weighted by Gasteiger charge is 2.29. The van der Waals surface area contributed by atoms with E-state index in [1.165, 1.54) is 23.8 Å². The van der Waals surface area contributed by atoms with Gasteiger partial charge in [-0.1, -0.05) is 54.6 Å². The van der Waals surface area contributed by atoms with Crippen LogP contribution in [0.25, 0.3) is 0 Å². The third-order valence-corrected chi connectivity index (χ3v) is 5.60. The van der Waals surface area contributed by atoms with Gasteiger partial charge in [-0.05, 0) is 30.2 Å². The van der Waals surface area contributed by atoms with Crippen LogP contribution >= 0.6 is 0 Å². The molecule has 1 N–H and O–H groups in total. The van der Waals surface area contributed by atoms with Crippen molar-refractivity contribution >= 4 is 23.2 Å². The third-order valence-electron chi connectivity index (χ3n) is 5.60. The number of para-hydroxylation sites is 3. The van der Waals surface area contributed by atoms with Gasteiger partial charge >= 0.3 is 5.69 Å². The van der Waals surface area contributed by atoms with Gasteiger partial charge in [0, 0.05) is 25.1 Å². The Bertz CT molecular complexity index is 1170. The first kappa shape index (κ1) is 22.0. The Morgan fingerprint density at radius 3 is 2.48 bits per heavy atom. The predicted octanol–water partition coefficient (Wildman–Crippen LogP) is 4.24. The summed E-state index contributed by atoms with van der Waals surface area (Å²) in [6.07, 6.45) is 0.883. The molecule has 1 fully saturated rings. The molecule has 0 saturated carbocycles. The molecule has 1 unspecified atom stereocenters. The summed E-state index contributed by atoms with van der Waals surface area (Å²) >= 11 is 0. The van der Waals surface area contributed by atoms with Crippen LogP contribution in [-0.2, 0) is 4.79 Å². The first-order valence-corrected chi connectivity index (χ1v) is 10.6. The van der Waals surface area contributed by atoms with Crippen LogP contribution in [0.3, 0.4) is 0 Å². The zero-order valence-corrected chi connectivity index (χ0v) is 17.8. The number of carbonyl (C=O) groups is 2. The van der Waals surface area contributed by atoms with Crippen molar-refractivity contribution in [1.82, 2.24) is 4.90 Å². The van der Waals surface area contributed by atoms with Crippen LogP contribution in [0, 0.1) is 10.1 Å². The van der Waals surface area contributed by atoms with E-state index >= 15 is 0 Å². The molecule has 3 aromatic rings. The number of anilines is 1. The fraction of sp³-hybridized carbons (Fsp3) is 0.200. The van der Waals surface area contributed by atoms with Crippen molar-refractivity contribution in [2.24, 2.45) is 0 Å². The quantitative estimate of drug-likeness (QED) is 0.433. The van der Waals surface area contributed by atoms with E-state index in [2.05, 4.69) is 17.4 Å². The second kappa shape index (κ2) is 9.95. The molecule has 8 heteroatoms. The molecular weight excluding hydrogens is 422 g/mol. The lowest BCUT2D eigenvalue weighted by molar-refractivity contribution is -0.385. The molecule has 4 rings (SSSR count). The number of ether oxygens (including phenoxy) is 1. The summed E-state index contributed by atoms with van der Waals surface area (Å²) in [6.45, 7) is 0.834. The first-order valence-electron chi connectivity index (χ1n) is 10.6. The second-order valence-electron chi connectivity index (χ2n) is 7.75. The van der Waals surface area contributed by atoms with E-state index in [1.54, 1.807) is 35.2 Å². The number of benzene rings is 3. The van der Waals surface area contributed by atoms with Gasteiger partial charge in [0.1, 0.15) is 0 Å². The fourth-order valence-electron chi connectivity index (χ4n) is 3.95. The van der Waals surface area contributed by atoms with Crippen LogP contribution in [0.5, 0.6) is 5.75 Å². The molecule has 0 aliphatic carbocycles. The minimum Gasteiger partial charge on any atom is -0.477 e. The number of rotatable bonds is 7. The number of nitrogens with zero attached hydrogens (tertiary/aromatic N) is 2. The number of nitrogens with one attached hydrogen (secondary N) is 1. The maximum Gasteiger partial charge on any atom is 0.310 e. The van der Waals surface area contributed by atoms with E-state index in [4.69, 9.17) is 4.74 Å². The number of nitro benzene ring substituents is 1. The largest absolute Gasteiger partial charge is 0.477 e. The molecule has 0 radical (unpaired) electrons. The summed E-state index contributed by atoms with van der Waals surface area (Å²) < 4.78 is 5.35. The summed E-state index contributed by atoms with van der Waals surface area (Å²) in [4.78, 5) is 38.0. The van der Waals surface area contributed by atoms with Gasteiger partial charge in [-0.2, -0.15) is 0 Å². The second-order valence-corrected chi connectivity index (χ2v) is 7.75. The molecule has 168 valence electrons. The Labute approximate surface area is 190 Å². The highest BCUT2D eigenvalue weighted by molar-refractivity contribution is 6.04. The number of hydrogen-bond donors (Lipinski definition) is 1. The van der Waals surface area contributed by atoms with Gasteiger partial charge in [-0.25, -0.2) is 0 Å². The van der Waals surface area contributed by atoms with Crippen molar-refractivity contribution in [2.75, 3.05) is 25.0 Å². The van der Waals surface area contributed by atoms with Crippen molar-refractivity contribution in [2.45, 2.75) is 12.3 Å². The maximum atomic E-state index is 13.2. The standard InChI is InChI=1S/C25H23N3O5/c29-24(17-33-23-13-7-6-12-22(23)28(31)32)26-21-11-5-4-10-20(21)25(30)27-15-14-19(16-27)18-8-2-1-3-9-18/h1-13,19H,14-17H2,(H,26,29). The average molecular weight is 445 g/mol. The predicted molar refractivity (Wildman–Crippen MR) is 123 cm³/mol. The third kappa shape index (κ3) is 5.17. The lowest BCUT2D eigenvalue weighted by Crippen LogP contribution is -2.30. The zero-order chi connectivity index (χ0) is 23.2. The summed E-state index contributed by atoms with van der Waals surface area (Å²) in [5.74, 6) is -0.376. The summed E-state index contributed by atoms with van der Waals surface area (Å²) in [5.41, 5.74) is 1.76. The van der Waals surface area contributed by atoms with Gasteiger partial charge in [0.2, 0.25) is 0 Å². The van der Waals surface area contributed by atoms with Crippen molar-refractivity contribution in [3.8, 4) is 5.75 Å². The van der Waals surface area contributed by atoms with Gasteiger partial charge in [-0.15, -0.1) is 0 Å². The Morgan fingerprint density at radius 1 is 1.00 bits per heavy atom. The molecule has 1 aliphatic rings. The average Bonchev–Trinajstić information content (AvgIpc) is 3.34. The van der Waals surface area contributed by atoms with E-state index in [9.17, 15) is 19.7 Å². The normalized spacial score (nSPS) is 15.2. The highest BCUT2D eigenvalue weighted by atomic mass is 16.6. The molecule has 33 heavy (non-hydrogen) atoms. The molecule has 0 aromatic heterocycles.